The average Bonchev–Trinajstić information content (AvgIpc) is 3.22. The summed E-state index contributed by atoms with van der Waals surface area (Å²) >= 11 is 1.43. The summed E-state index contributed by atoms with van der Waals surface area (Å²) in [7, 11) is 0. The third-order valence-corrected chi connectivity index (χ3v) is 5.43. The fourth-order valence-electron chi connectivity index (χ4n) is 3.35. The highest BCUT2D eigenvalue weighted by Crippen LogP contribution is 2.27. The minimum atomic E-state index is -0.00640. The number of carbonyl (C=O) groups is 1. The SMILES string of the molecule is O=C(CN1CCC(c2cccc(Nc3ccccn3)n2)CC1)Nc1nccs1. The maximum absolute atomic E-state index is 12.1. The molecule has 0 atom stereocenters. The lowest BCUT2D eigenvalue weighted by Gasteiger charge is -2.31. The van der Waals surface area contributed by atoms with Gasteiger partial charge in [0.15, 0.2) is 5.13 Å². The number of amides is 1. The van der Waals surface area contributed by atoms with Crippen molar-refractivity contribution in [1.29, 1.82) is 0 Å². The summed E-state index contributed by atoms with van der Waals surface area (Å²) in [6.45, 7) is 2.17. The summed E-state index contributed by atoms with van der Waals surface area (Å²) in [6.07, 6.45) is 5.43. The van der Waals surface area contributed by atoms with Crippen LogP contribution in [0.4, 0.5) is 16.8 Å². The quantitative estimate of drug-likeness (QED) is 0.666. The van der Waals surface area contributed by atoms with Gasteiger partial charge in [-0.25, -0.2) is 15.0 Å². The number of hydrogen-bond donors (Lipinski definition) is 2. The number of aromatic nitrogens is 3. The zero-order valence-corrected chi connectivity index (χ0v) is 16.2. The van der Waals surface area contributed by atoms with Gasteiger partial charge in [0, 0.05) is 29.4 Å². The molecule has 1 aliphatic rings. The molecule has 0 bridgehead atoms. The van der Waals surface area contributed by atoms with E-state index in [0.717, 1.165) is 43.3 Å². The summed E-state index contributed by atoms with van der Waals surface area (Å²) in [5.41, 5.74) is 1.09. The van der Waals surface area contributed by atoms with Gasteiger partial charge in [0.25, 0.3) is 0 Å². The molecule has 7 nitrogen and oxygen atoms in total. The fraction of sp³-hybridized carbons (Fsp3) is 0.300. The molecule has 2 N–H and O–H groups in total. The van der Waals surface area contributed by atoms with Crippen LogP contribution in [0, 0.1) is 0 Å². The summed E-state index contributed by atoms with van der Waals surface area (Å²) in [5, 5.41) is 8.60. The van der Waals surface area contributed by atoms with E-state index >= 15 is 0 Å². The number of piperidine rings is 1. The van der Waals surface area contributed by atoms with E-state index in [0.29, 0.717) is 17.6 Å². The molecule has 0 aliphatic carbocycles. The van der Waals surface area contributed by atoms with Gasteiger partial charge in [-0.1, -0.05) is 12.1 Å². The van der Waals surface area contributed by atoms with E-state index in [1.807, 2.05) is 35.7 Å². The molecular formula is C20H22N6OS. The third-order valence-electron chi connectivity index (χ3n) is 4.74. The van der Waals surface area contributed by atoms with Crippen LogP contribution in [0.1, 0.15) is 24.5 Å². The van der Waals surface area contributed by atoms with Crippen molar-refractivity contribution in [3.63, 3.8) is 0 Å². The fourth-order valence-corrected chi connectivity index (χ4v) is 3.90. The number of likely N-dealkylation sites (tertiary alicyclic amines) is 1. The zero-order valence-electron chi connectivity index (χ0n) is 15.4. The molecule has 0 aromatic carbocycles. The molecule has 1 fully saturated rings. The number of thiazole rings is 1. The lowest BCUT2D eigenvalue weighted by molar-refractivity contribution is -0.117. The molecule has 28 heavy (non-hydrogen) atoms. The lowest BCUT2D eigenvalue weighted by Crippen LogP contribution is -2.38. The predicted octanol–water partition coefficient (Wildman–Crippen LogP) is 3.49. The van der Waals surface area contributed by atoms with E-state index in [1.54, 1.807) is 12.4 Å². The molecule has 0 unspecified atom stereocenters. The molecule has 144 valence electrons. The molecule has 1 aliphatic heterocycles. The number of carbonyl (C=O) groups excluding carboxylic acids is 1. The molecule has 4 heterocycles. The monoisotopic (exact) mass is 394 g/mol. The van der Waals surface area contributed by atoms with Crippen molar-refractivity contribution in [3.05, 3.63) is 59.9 Å². The number of nitrogens with one attached hydrogen (secondary N) is 2. The van der Waals surface area contributed by atoms with Gasteiger partial charge in [0.2, 0.25) is 5.91 Å². The first-order chi connectivity index (χ1) is 13.8. The topological polar surface area (TPSA) is 83.0 Å². The Kier molecular flexibility index (Phi) is 5.89. The Labute approximate surface area is 167 Å². The van der Waals surface area contributed by atoms with Gasteiger partial charge in [-0.3, -0.25) is 9.69 Å². The molecule has 0 saturated carbocycles. The molecule has 0 spiro atoms. The molecule has 1 saturated heterocycles. The van der Waals surface area contributed by atoms with E-state index in [9.17, 15) is 4.79 Å². The van der Waals surface area contributed by atoms with Crippen LogP contribution >= 0.6 is 11.3 Å². The van der Waals surface area contributed by atoms with Crippen molar-refractivity contribution >= 4 is 34.0 Å². The van der Waals surface area contributed by atoms with Crippen LogP contribution in [0.3, 0.4) is 0 Å². The van der Waals surface area contributed by atoms with Crippen LogP contribution < -0.4 is 10.6 Å². The summed E-state index contributed by atoms with van der Waals surface area (Å²) < 4.78 is 0. The van der Waals surface area contributed by atoms with Crippen LogP contribution in [0.2, 0.25) is 0 Å². The minimum Gasteiger partial charge on any atom is -0.325 e. The molecule has 8 heteroatoms. The van der Waals surface area contributed by atoms with Gasteiger partial charge < -0.3 is 10.6 Å². The Morgan fingerprint density at radius 2 is 1.93 bits per heavy atom. The smallest absolute Gasteiger partial charge is 0.240 e. The minimum absolute atomic E-state index is 0.00640. The van der Waals surface area contributed by atoms with Gasteiger partial charge in [-0.15, -0.1) is 11.3 Å². The molecular weight excluding hydrogens is 372 g/mol. The molecule has 3 aromatic rings. The van der Waals surface area contributed by atoms with Crippen LogP contribution in [0.5, 0.6) is 0 Å². The Morgan fingerprint density at radius 1 is 1.07 bits per heavy atom. The number of rotatable bonds is 6. The van der Waals surface area contributed by atoms with Crippen molar-refractivity contribution < 1.29 is 4.79 Å². The van der Waals surface area contributed by atoms with Crippen molar-refractivity contribution in [2.45, 2.75) is 18.8 Å². The van der Waals surface area contributed by atoms with E-state index < -0.39 is 0 Å². The van der Waals surface area contributed by atoms with Crippen LogP contribution in [0.25, 0.3) is 0 Å². The number of anilines is 3. The van der Waals surface area contributed by atoms with Crippen LogP contribution in [0.15, 0.2) is 54.2 Å². The number of pyridine rings is 2. The highest BCUT2D eigenvalue weighted by Gasteiger charge is 2.23. The van der Waals surface area contributed by atoms with E-state index in [2.05, 4.69) is 31.6 Å². The first-order valence-electron chi connectivity index (χ1n) is 9.33. The number of hydrogen-bond acceptors (Lipinski definition) is 7. The van der Waals surface area contributed by atoms with Crippen molar-refractivity contribution in [2.75, 3.05) is 30.3 Å². The van der Waals surface area contributed by atoms with E-state index in [4.69, 9.17) is 4.98 Å². The van der Waals surface area contributed by atoms with Gasteiger partial charge in [-0.05, 0) is 50.2 Å². The van der Waals surface area contributed by atoms with Gasteiger partial charge in [0.1, 0.15) is 11.6 Å². The molecule has 3 aromatic heterocycles. The standard InChI is InChI=1S/C20H22N6OS/c27-19(25-20-22-10-13-28-20)14-26-11-7-15(8-12-26)16-4-3-6-18(23-16)24-17-5-1-2-9-21-17/h1-6,9-10,13,15H,7-8,11-12,14H2,(H,21,23,24)(H,22,25,27). The second-order valence-corrected chi connectivity index (χ2v) is 7.62. The summed E-state index contributed by atoms with van der Waals surface area (Å²) in [4.78, 5) is 27.5. The van der Waals surface area contributed by atoms with E-state index in [-0.39, 0.29) is 5.91 Å². The highest BCUT2D eigenvalue weighted by atomic mass is 32.1. The van der Waals surface area contributed by atoms with Gasteiger partial charge >= 0.3 is 0 Å². The van der Waals surface area contributed by atoms with Crippen molar-refractivity contribution in [1.82, 2.24) is 19.9 Å². The molecule has 1 amide bonds. The Morgan fingerprint density at radius 3 is 2.68 bits per heavy atom. The van der Waals surface area contributed by atoms with Gasteiger partial charge in [-0.2, -0.15) is 0 Å². The second kappa shape index (κ2) is 8.90. The molecule has 4 rings (SSSR count). The Bertz CT molecular complexity index is 894. The average molecular weight is 395 g/mol. The van der Waals surface area contributed by atoms with Crippen molar-refractivity contribution in [3.8, 4) is 0 Å². The maximum Gasteiger partial charge on any atom is 0.240 e. The van der Waals surface area contributed by atoms with Crippen molar-refractivity contribution in [2.24, 2.45) is 0 Å². The largest absolute Gasteiger partial charge is 0.325 e. The highest BCUT2D eigenvalue weighted by molar-refractivity contribution is 7.13. The Hall–Kier alpha value is -2.84. The zero-order chi connectivity index (χ0) is 19.2. The first kappa shape index (κ1) is 18.5. The maximum atomic E-state index is 12.1. The number of nitrogens with zero attached hydrogens (tertiary/aromatic N) is 4. The van der Waals surface area contributed by atoms with Crippen LogP contribution in [-0.2, 0) is 4.79 Å². The van der Waals surface area contributed by atoms with E-state index in [1.165, 1.54) is 11.3 Å². The first-order valence-corrected chi connectivity index (χ1v) is 10.2. The Balaban J connectivity index is 1.30. The summed E-state index contributed by atoms with van der Waals surface area (Å²) in [5.74, 6) is 1.99. The second-order valence-electron chi connectivity index (χ2n) is 6.72. The van der Waals surface area contributed by atoms with Crippen LogP contribution in [-0.4, -0.2) is 45.4 Å². The predicted molar refractivity (Wildman–Crippen MR) is 111 cm³/mol. The van der Waals surface area contributed by atoms with Gasteiger partial charge in [0.05, 0.1) is 6.54 Å². The molecule has 0 radical (unpaired) electrons. The summed E-state index contributed by atoms with van der Waals surface area (Å²) in [6, 6.07) is 11.8. The normalized spacial score (nSPS) is 15.3. The third kappa shape index (κ3) is 4.90. The lowest BCUT2D eigenvalue weighted by atomic mass is 9.93.